The second-order valence-corrected chi connectivity index (χ2v) is 4.99. The van der Waals surface area contributed by atoms with Crippen molar-refractivity contribution >= 4 is 47.0 Å². The molecule has 1 aromatic heterocycles. The van der Waals surface area contributed by atoms with E-state index in [-0.39, 0.29) is 24.0 Å². The first kappa shape index (κ1) is 16.0. The van der Waals surface area contributed by atoms with E-state index in [1.165, 1.54) is 10.4 Å². The third kappa shape index (κ3) is 5.20. The summed E-state index contributed by atoms with van der Waals surface area (Å²) in [6.07, 6.45) is 1.04. The van der Waals surface area contributed by atoms with Crippen LogP contribution in [0.3, 0.4) is 0 Å². The minimum atomic E-state index is 0. The Balaban J connectivity index is 0.00000180. The minimum absolute atomic E-state index is 0. The summed E-state index contributed by atoms with van der Waals surface area (Å²) in [6, 6.07) is 12.3. The number of benzene rings is 1. The lowest BCUT2D eigenvalue weighted by Crippen LogP contribution is -2.22. The van der Waals surface area contributed by atoms with Crippen LogP contribution >= 0.6 is 35.3 Å². The number of aliphatic imine (C=N–C) groups is 1. The fourth-order valence-electron chi connectivity index (χ4n) is 1.58. The summed E-state index contributed by atoms with van der Waals surface area (Å²) in [5, 5.41) is 5.13. The Morgan fingerprint density at radius 3 is 2.58 bits per heavy atom. The molecule has 5 heteroatoms. The molecule has 1 aromatic carbocycles. The predicted molar refractivity (Wildman–Crippen MR) is 94.5 cm³/mol. The molecule has 0 spiro atoms. The summed E-state index contributed by atoms with van der Waals surface area (Å²) in [7, 11) is 0. The van der Waals surface area contributed by atoms with Crippen LogP contribution in [0.1, 0.15) is 17.4 Å². The van der Waals surface area contributed by atoms with Gasteiger partial charge < -0.3 is 11.1 Å². The van der Waals surface area contributed by atoms with Crippen molar-refractivity contribution in [3.8, 4) is 0 Å². The third-order valence-electron chi connectivity index (χ3n) is 2.62. The summed E-state index contributed by atoms with van der Waals surface area (Å²) < 4.78 is 0. The molecule has 2 rings (SSSR count). The van der Waals surface area contributed by atoms with Crippen LogP contribution in [0.25, 0.3) is 0 Å². The number of hydrogen-bond donors (Lipinski definition) is 2. The van der Waals surface area contributed by atoms with Crippen LogP contribution in [-0.4, -0.2) is 5.96 Å². The van der Waals surface area contributed by atoms with E-state index in [0.717, 1.165) is 12.1 Å². The van der Waals surface area contributed by atoms with Crippen LogP contribution < -0.4 is 11.1 Å². The lowest BCUT2D eigenvalue weighted by Gasteiger charge is -2.06. The Kier molecular flexibility index (Phi) is 6.86. The SMILES string of the molecule is CCc1ccc(NC(N)=NCc2cccs2)cc1.I. The molecule has 0 unspecified atom stereocenters. The zero-order valence-corrected chi connectivity index (χ0v) is 13.9. The molecular weight excluding hydrogens is 369 g/mol. The van der Waals surface area contributed by atoms with Crippen molar-refractivity contribution in [1.82, 2.24) is 0 Å². The number of halogens is 1. The first-order chi connectivity index (χ1) is 8.78. The monoisotopic (exact) mass is 387 g/mol. The topological polar surface area (TPSA) is 50.4 Å². The van der Waals surface area contributed by atoms with Gasteiger partial charge in [-0.2, -0.15) is 0 Å². The average Bonchev–Trinajstić information content (AvgIpc) is 2.90. The number of guanidine groups is 1. The Hall–Kier alpha value is -1.08. The van der Waals surface area contributed by atoms with E-state index in [9.17, 15) is 0 Å². The number of aryl methyl sites for hydroxylation is 1. The molecule has 3 nitrogen and oxygen atoms in total. The molecule has 0 bridgehead atoms. The maximum absolute atomic E-state index is 5.84. The summed E-state index contributed by atoms with van der Waals surface area (Å²) in [5.74, 6) is 0.452. The molecule has 0 atom stereocenters. The number of nitrogens with zero attached hydrogens (tertiary/aromatic N) is 1. The molecule has 2 aromatic rings. The standard InChI is InChI=1S/C14H17N3S.HI/c1-2-11-5-7-12(8-6-11)17-14(15)16-10-13-4-3-9-18-13;/h3-9H,2,10H2,1H3,(H3,15,16,17);1H. The second-order valence-electron chi connectivity index (χ2n) is 3.96. The molecule has 0 aliphatic carbocycles. The molecule has 0 amide bonds. The lowest BCUT2D eigenvalue weighted by atomic mass is 10.1. The van der Waals surface area contributed by atoms with Gasteiger partial charge in [-0.15, -0.1) is 35.3 Å². The van der Waals surface area contributed by atoms with Gasteiger partial charge in [-0.25, -0.2) is 4.99 Å². The van der Waals surface area contributed by atoms with Crippen molar-refractivity contribution in [2.24, 2.45) is 10.7 Å². The molecule has 0 fully saturated rings. The molecule has 3 N–H and O–H groups in total. The number of rotatable bonds is 4. The largest absolute Gasteiger partial charge is 0.370 e. The van der Waals surface area contributed by atoms with E-state index >= 15 is 0 Å². The first-order valence-electron chi connectivity index (χ1n) is 5.96. The van der Waals surface area contributed by atoms with Gasteiger partial charge >= 0.3 is 0 Å². The van der Waals surface area contributed by atoms with Crippen molar-refractivity contribution in [2.45, 2.75) is 19.9 Å². The normalized spacial score (nSPS) is 10.9. The summed E-state index contributed by atoms with van der Waals surface area (Å²) >= 11 is 1.69. The van der Waals surface area contributed by atoms with Crippen LogP contribution in [0.2, 0.25) is 0 Å². The van der Waals surface area contributed by atoms with Crippen LogP contribution in [0.5, 0.6) is 0 Å². The highest BCUT2D eigenvalue weighted by atomic mass is 127. The van der Waals surface area contributed by atoms with Crippen LogP contribution in [0, 0.1) is 0 Å². The Morgan fingerprint density at radius 2 is 2.00 bits per heavy atom. The molecule has 102 valence electrons. The molecule has 0 radical (unpaired) electrons. The van der Waals surface area contributed by atoms with Crippen LogP contribution in [0.4, 0.5) is 5.69 Å². The molecule has 1 heterocycles. The zero-order chi connectivity index (χ0) is 12.8. The number of hydrogen-bond acceptors (Lipinski definition) is 2. The smallest absolute Gasteiger partial charge is 0.193 e. The van der Waals surface area contributed by atoms with Gasteiger partial charge in [0.25, 0.3) is 0 Å². The fourth-order valence-corrected chi connectivity index (χ4v) is 2.20. The minimum Gasteiger partial charge on any atom is -0.370 e. The highest BCUT2D eigenvalue weighted by Crippen LogP contribution is 2.11. The Bertz CT molecular complexity index is 506. The van der Waals surface area contributed by atoms with Crippen molar-refractivity contribution in [1.29, 1.82) is 0 Å². The van der Waals surface area contributed by atoms with Gasteiger partial charge in [0, 0.05) is 10.6 Å². The van der Waals surface area contributed by atoms with Crippen LogP contribution in [-0.2, 0) is 13.0 Å². The molecule has 19 heavy (non-hydrogen) atoms. The van der Waals surface area contributed by atoms with E-state index in [2.05, 4.69) is 35.4 Å². The average molecular weight is 387 g/mol. The van der Waals surface area contributed by atoms with Crippen molar-refractivity contribution < 1.29 is 0 Å². The van der Waals surface area contributed by atoms with E-state index < -0.39 is 0 Å². The Labute approximate surface area is 135 Å². The molecule has 0 saturated carbocycles. The van der Waals surface area contributed by atoms with E-state index in [4.69, 9.17) is 5.73 Å². The molecule has 0 aliphatic rings. The highest BCUT2D eigenvalue weighted by molar-refractivity contribution is 14.0. The van der Waals surface area contributed by atoms with E-state index in [1.54, 1.807) is 11.3 Å². The summed E-state index contributed by atoms with van der Waals surface area (Å²) in [4.78, 5) is 5.51. The quantitative estimate of drug-likeness (QED) is 0.476. The number of anilines is 1. The maximum atomic E-state index is 5.84. The maximum Gasteiger partial charge on any atom is 0.193 e. The van der Waals surface area contributed by atoms with E-state index in [1.807, 2.05) is 23.6 Å². The number of nitrogens with two attached hydrogens (primary N) is 1. The molecular formula is C14H18IN3S. The van der Waals surface area contributed by atoms with Gasteiger partial charge in [-0.3, -0.25) is 0 Å². The van der Waals surface area contributed by atoms with Gasteiger partial charge in [0.1, 0.15) is 0 Å². The lowest BCUT2D eigenvalue weighted by molar-refractivity contribution is 1.09. The fraction of sp³-hybridized carbons (Fsp3) is 0.214. The van der Waals surface area contributed by atoms with Gasteiger partial charge in [0.15, 0.2) is 5.96 Å². The predicted octanol–water partition coefficient (Wildman–Crippen LogP) is 3.86. The summed E-state index contributed by atoms with van der Waals surface area (Å²) in [5.41, 5.74) is 8.12. The van der Waals surface area contributed by atoms with Crippen molar-refractivity contribution in [3.05, 3.63) is 52.2 Å². The third-order valence-corrected chi connectivity index (χ3v) is 3.48. The van der Waals surface area contributed by atoms with Crippen molar-refractivity contribution in [3.63, 3.8) is 0 Å². The van der Waals surface area contributed by atoms with Gasteiger partial charge in [-0.1, -0.05) is 25.1 Å². The molecule has 0 saturated heterocycles. The second kappa shape index (κ2) is 8.16. The van der Waals surface area contributed by atoms with Gasteiger partial charge in [0.2, 0.25) is 0 Å². The van der Waals surface area contributed by atoms with Gasteiger partial charge in [0.05, 0.1) is 6.54 Å². The highest BCUT2D eigenvalue weighted by Gasteiger charge is 1.96. The van der Waals surface area contributed by atoms with Gasteiger partial charge in [-0.05, 0) is 35.6 Å². The first-order valence-corrected chi connectivity index (χ1v) is 6.84. The zero-order valence-electron chi connectivity index (χ0n) is 10.8. The number of nitrogens with one attached hydrogen (secondary N) is 1. The number of thiophene rings is 1. The van der Waals surface area contributed by atoms with Crippen LogP contribution in [0.15, 0.2) is 46.8 Å². The Morgan fingerprint density at radius 1 is 1.26 bits per heavy atom. The molecule has 0 aliphatic heterocycles. The van der Waals surface area contributed by atoms with Crippen molar-refractivity contribution in [2.75, 3.05) is 5.32 Å². The summed E-state index contributed by atoms with van der Waals surface area (Å²) in [6.45, 7) is 2.77. The van der Waals surface area contributed by atoms with E-state index in [0.29, 0.717) is 12.5 Å².